The second-order valence-electron chi connectivity index (χ2n) is 4.61. The molecular weight excluding hydrogens is 214 g/mol. The molecule has 1 N–H and O–H groups in total. The number of rotatable bonds is 6. The molecule has 0 atom stereocenters. The molecule has 1 aromatic heterocycles. The van der Waals surface area contributed by atoms with Gasteiger partial charge < -0.3 is 19.5 Å². The lowest BCUT2D eigenvalue weighted by molar-refractivity contribution is 0.103. The van der Waals surface area contributed by atoms with E-state index in [0.717, 1.165) is 39.3 Å². The molecule has 0 spiro atoms. The quantitative estimate of drug-likeness (QED) is 0.743. The monoisotopic (exact) mass is 237 g/mol. The number of ether oxygens (including phenoxy) is 1. The second kappa shape index (κ2) is 6.79. The third-order valence-corrected chi connectivity index (χ3v) is 3.27. The fraction of sp³-hybridized carbons (Fsp3) is 0.692. The Hall–Kier alpha value is -0.840. The van der Waals surface area contributed by atoms with Crippen molar-refractivity contribution in [2.24, 2.45) is 7.05 Å². The molecule has 1 saturated heterocycles. The average Bonchev–Trinajstić information content (AvgIpc) is 2.76. The van der Waals surface area contributed by atoms with Crippen LogP contribution in [0.4, 0.5) is 0 Å². The minimum Gasteiger partial charge on any atom is -0.375 e. The number of nitrogens with one attached hydrogen (secondary N) is 1. The molecule has 2 rings (SSSR count). The standard InChI is InChI=1S/C13H23N3O/c1-15-7-2-4-13(15)12-17-11-3-8-16-9-5-14-6-10-16/h2,4,7,14H,3,5-6,8-12H2,1H3. The van der Waals surface area contributed by atoms with E-state index in [1.807, 2.05) is 0 Å². The molecule has 0 unspecified atom stereocenters. The lowest BCUT2D eigenvalue weighted by atomic mass is 10.3. The second-order valence-corrected chi connectivity index (χ2v) is 4.61. The summed E-state index contributed by atoms with van der Waals surface area (Å²) in [6.45, 7) is 7.36. The zero-order valence-corrected chi connectivity index (χ0v) is 10.7. The SMILES string of the molecule is Cn1cccc1COCCCN1CCNCC1. The molecule has 0 bridgehead atoms. The topological polar surface area (TPSA) is 29.4 Å². The van der Waals surface area contributed by atoms with Gasteiger partial charge in [0, 0.05) is 58.3 Å². The van der Waals surface area contributed by atoms with Crippen molar-refractivity contribution in [2.75, 3.05) is 39.3 Å². The van der Waals surface area contributed by atoms with Crippen molar-refractivity contribution in [3.05, 3.63) is 24.0 Å². The Balaban J connectivity index is 1.53. The van der Waals surface area contributed by atoms with Crippen molar-refractivity contribution in [3.8, 4) is 0 Å². The molecular formula is C13H23N3O. The molecule has 1 aliphatic rings. The van der Waals surface area contributed by atoms with E-state index >= 15 is 0 Å². The molecule has 4 nitrogen and oxygen atoms in total. The summed E-state index contributed by atoms with van der Waals surface area (Å²) in [5.41, 5.74) is 1.24. The van der Waals surface area contributed by atoms with Gasteiger partial charge in [0.1, 0.15) is 0 Å². The van der Waals surface area contributed by atoms with E-state index in [1.165, 1.54) is 18.8 Å². The van der Waals surface area contributed by atoms with Gasteiger partial charge in [0.15, 0.2) is 0 Å². The normalized spacial score (nSPS) is 17.5. The van der Waals surface area contributed by atoms with E-state index in [-0.39, 0.29) is 0 Å². The molecule has 4 heteroatoms. The first-order valence-corrected chi connectivity index (χ1v) is 6.47. The van der Waals surface area contributed by atoms with Crippen LogP contribution in [0.25, 0.3) is 0 Å². The highest BCUT2D eigenvalue weighted by Crippen LogP contribution is 2.02. The van der Waals surface area contributed by atoms with Crippen LogP contribution >= 0.6 is 0 Å². The van der Waals surface area contributed by atoms with Gasteiger partial charge in [-0.25, -0.2) is 0 Å². The van der Waals surface area contributed by atoms with E-state index in [4.69, 9.17) is 4.74 Å². The summed E-state index contributed by atoms with van der Waals surface area (Å²) < 4.78 is 7.79. The Labute approximate surface area is 104 Å². The molecule has 0 aromatic carbocycles. The predicted molar refractivity (Wildman–Crippen MR) is 69.0 cm³/mol. The van der Waals surface area contributed by atoms with Crippen molar-refractivity contribution in [3.63, 3.8) is 0 Å². The van der Waals surface area contributed by atoms with Gasteiger partial charge in [-0.05, 0) is 18.6 Å². The first-order valence-electron chi connectivity index (χ1n) is 6.47. The van der Waals surface area contributed by atoms with E-state index in [9.17, 15) is 0 Å². The Morgan fingerprint density at radius 2 is 2.18 bits per heavy atom. The summed E-state index contributed by atoms with van der Waals surface area (Å²) in [7, 11) is 2.05. The molecule has 0 radical (unpaired) electrons. The smallest absolute Gasteiger partial charge is 0.0867 e. The number of nitrogens with zero attached hydrogens (tertiary/aromatic N) is 2. The van der Waals surface area contributed by atoms with E-state index in [0.29, 0.717) is 0 Å². The fourth-order valence-corrected chi connectivity index (χ4v) is 2.15. The van der Waals surface area contributed by atoms with Crippen LogP contribution in [0.3, 0.4) is 0 Å². The maximum atomic E-state index is 5.69. The van der Waals surface area contributed by atoms with Crippen LogP contribution in [-0.4, -0.2) is 48.8 Å². The molecule has 1 fully saturated rings. The molecule has 0 amide bonds. The minimum absolute atomic E-state index is 0.727. The highest BCUT2D eigenvalue weighted by molar-refractivity contribution is 5.04. The lowest BCUT2D eigenvalue weighted by Crippen LogP contribution is -2.43. The van der Waals surface area contributed by atoms with Crippen LogP contribution in [0.5, 0.6) is 0 Å². The first kappa shape index (κ1) is 12.6. The lowest BCUT2D eigenvalue weighted by Gasteiger charge is -2.26. The summed E-state index contributed by atoms with van der Waals surface area (Å²) in [6.07, 6.45) is 3.18. The minimum atomic E-state index is 0.727. The number of aromatic nitrogens is 1. The van der Waals surface area contributed by atoms with Gasteiger partial charge in [0.25, 0.3) is 0 Å². The summed E-state index contributed by atoms with van der Waals surface area (Å²) in [6, 6.07) is 4.16. The van der Waals surface area contributed by atoms with Crippen molar-refractivity contribution in [1.82, 2.24) is 14.8 Å². The van der Waals surface area contributed by atoms with Gasteiger partial charge in [0.05, 0.1) is 6.61 Å². The predicted octanol–water partition coefficient (Wildman–Crippen LogP) is 0.837. The van der Waals surface area contributed by atoms with E-state index in [1.54, 1.807) is 0 Å². The summed E-state index contributed by atoms with van der Waals surface area (Å²) in [5, 5.41) is 3.37. The average molecular weight is 237 g/mol. The highest BCUT2D eigenvalue weighted by atomic mass is 16.5. The molecule has 0 aliphatic carbocycles. The molecule has 0 saturated carbocycles. The first-order chi connectivity index (χ1) is 8.36. The van der Waals surface area contributed by atoms with Gasteiger partial charge in [-0.1, -0.05) is 0 Å². The van der Waals surface area contributed by atoms with Gasteiger partial charge in [-0.3, -0.25) is 0 Å². The Morgan fingerprint density at radius 3 is 2.88 bits per heavy atom. The molecule has 1 aliphatic heterocycles. The molecule has 96 valence electrons. The Morgan fingerprint density at radius 1 is 1.35 bits per heavy atom. The van der Waals surface area contributed by atoms with Crippen LogP contribution in [0.2, 0.25) is 0 Å². The highest BCUT2D eigenvalue weighted by Gasteiger charge is 2.08. The van der Waals surface area contributed by atoms with Gasteiger partial charge in [0.2, 0.25) is 0 Å². The summed E-state index contributed by atoms with van der Waals surface area (Å²) in [5.74, 6) is 0. The Kier molecular flexibility index (Phi) is 5.04. The van der Waals surface area contributed by atoms with Crippen LogP contribution in [0, 0.1) is 0 Å². The third-order valence-electron chi connectivity index (χ3n) is 3.27. The number of aryl methyl sites for hydroxylation is 1. The third kappa shape index (κ3) is 4.15. The van der Waals surface area contributed by atoms with Crippen molar-refractivity contribution < 1.29 is 4.74 Å². The number of hydrogen-bond acceptors (Lipinski definition) is 3. The zero-order chi connectivity index (χ0) is 11.9. The molecule has 1 aromatic rings. The van der Waals surface area contributed by atoms with Crippen molar-refractivity contribution in [2.45, 2.75) is 13.0 Å². The maximum Gasteiger partial charge on any atom is 0.0867 e. The Bertz CT molecular complexity index is 318. The van der Waals surface area contributed by atoms with Crippen molar-refractivity contribution in [1.29, 1.82) is 0 Å². The van der Waals surface area contributed by atoms with Crippen LogP contribution in [0.15, 0.2) is 18.3 Å². The van der Waals surface area contributed by atoms with E-state index in [2.05, 4.69) is 40.2 Å². The maximum absolute atomic E-state index is 5.69. The van der Waals surface area contributed by atoms with Crippen LogP contribution in [0.1, 0.15) is 12.1 Å². The van der Waals surface area contributed by atoms with Gasteiger partial charge in [-0.15, -0.1) is 0 Å². The summed E-state index contributed by atoms with van der Waals surface area (Å²) >= 11 is 0. The summed E-state index contributed by atoms with van der Waals surface area (Å²) in [4.78, 5) is 2.50. The van der Waals surface area contributed by atoms with E-state index < -0.39 is 0 Å². The number of hydrogen-bond donors (Lipinski definition) is 1. The van der Waals surface area contributed by atoms with Gasteiger partial charge >= 0.3 is 0 Å². The molecule has 2 heterocycles. The van der Waals surface area contributed by atoms with Crippen LogP contribution < -0.4 is 5.32 Å². The van der Waals surface area contributed by atoms with Crippen LogP contribution in [-0.2, 0) is 18.4 Å². The van der Waals surface area contributed by atoms with Gasteiger partial charge in [-0.2, -0.15) is 0 Å². The zero-order valence-electron chi connectivity index (χ0n) is 10.7. The largest absolute Gasteiger partial charge is 0.375 e. The van der Waals surface area contributed by atoms with Crippen molar-refractivity contribution >= 4 is 0 Å². The molecule has 17 heavy (non-hydrogen) atoms. The fourth-order valence-electron chi connectivity index (χ4n) is 2.15. The number of piperazine rings is 1.